The summed E-state index contributed by atoms with van der Waals surface area (Å²) in [5, 5.41) is 7.53. The van der Waals surface area contributed by atoms with Gasteiger partial charge in [-0.25, -0.2) is 0 Å². The van der Waals surface area contributed by atoms with Crippen LogP contribution in [0.3, 0.4) is 0 Å². The Hall–Kier alpha value is -1.42. The van der Waals surface area contributed by atoms with Crippen molar-refractivity contribution in [2.24, 2.45) is 11.7 Å². The summed E-state index contributed by atoms with van der Waals surface area (Å²) < 4.78 is 0. The van der Waals surface area contributed by atoms with Gasteiger partial charge in [0, 0.05) is 19.3 Å². The standard InChI is InChI=1S/C13H20N4/c1-2-17(8-10-5-6-10)9-11-4-3-7-16-12(11)13(14)15/h3-4,7,10H,2,5-6,8-9H2,1H3,(H3,14,15). The van der Waals surface area contributed by atoms with Crippen LogP contribution >= 0.6 is 0 Å². The first-order valence-electron chi connectivity index (χ1n) is 6.21. The molecule has 4 nitrogen and oxygen atoms in total. The van der Waals surface area contributed by atoms with Crippen molar-refractivity contribution in [2.45, 2.75) is 26.3 Å². The van der Waals surface area contributed by atoms with Gasteiger partial charge in [0.1, 0.15) is 11.5 Å². The zero-order chi connectivity index (χ0) is 12.3. The number of nitrogens with zero attached hydrogens (tertiary/aromatic N) is 2. The number of amidine groups is 1. The van der Waals surface area contributed by atoms with Crippen molar-refractivity contribution in [3.05, 3.63) is 29.6 Å². The van der Waals surface area contributed by atoms with Gasteiger partial charge in [-0.1, -0.05) is 13.0 Å². The number of aromatic nitrogens is 1. The van der Waals surface area contributed by atoms with E-state index >= 15 is 0 Å². The van der Waals surface area contributed by atoms with Gasteiger partial charge in [-0.3, -0.25) is 15.3 Å². The lowest BCUT2D eigenvalue weighted by Crippen LogP contribution is -2.27. The van der Waals surface area contributed by atoms with Crippen LogP contribution in [0.5, 0.6) is 0 Å². The van der Waals surface area contributed by atoms with Crippen LogP contribution in [-0.4, -0.2) is 28.8 Å². The van der Waals surface area contributed by atoms with Gasteiger partial charge in [0.25, 0.3) is 0 Å². The summed E-state index contributed by atoms with van der Waals surface area (Å²) in [6.45, 7) is 5.20. The van der Waals surface area contributed by atoms with Crippen LogP contribution in [-0.2, 0) is 6.54 Å². The molecule has 92 valence electrons. The van der Waals surface area contributed by atoms with Gasteiger partial charge in [0.05, 0.1) is 0 Å². The number of pyridine rings is 1. The maximum Gasteiger partial charge on any atom is 0.142 e. The van der Waals surface area contributed by atoms with Gasteiger partial charge in [-0.05, 0) is 36.9 Å². The second-order valence-electron chi connectivity index (χ2n) is 4.70. The smallest absolute Gasteiger partial charge is 0.142 e. The SMILES string of the molecule is CCN(Cc1cccnc1C(=N)N)CC1CC1. The molecular weight excluding hydrogens is 212 g/mol. The molecule has 3 N–H and O–H groups in total. The van der Waals surface area contributed by atoms with Gasteiger partial charge < -0.3 is 5.73 Å². The minimum atomic E-state index is 0.0584. The molecule has 0 amide bonds. The van der Waals surface area contributed by atoms with Crippen LogP contribution in [0, 0.1) is 11.3 Å². The van der Waals surface area contributed by atoms with Crippen LogP contribution in [0.2, 0.25) is 0 Å². The summed E-state index contributed by atoms with van der Waals surface area (Å²) in [5.41, 5.74) is 7.23. The fourth-order valence-electron chi connectivity index (χ4n) is 2.02. The van der Waals surface area contributed by atoms with Crippen molar-refractivity contribution >= 4 is 5.84 Å². The van der Waals surface area contributed by atoms with Gasteiger partial charge in [-0.2, -0.15) is 0 Å². The van der Waals surface area contributed by atoms with E-state index in [4.69, 9.17) is 11.1 Å². The number of nitrogens with two attached hydrogens (primary N) is 1. The highest BCUT2D eigenvalue weighted by molar-refractivity contribution is 5.94. The highest BCUT2D eigenvalue weighted by Crippen LogP contribution is 2.30. The highest BCUT2D eigenvalue weighted by atomic mass is 15.1. The summed E-state index contributed by atoms with van der Waals surface area (Å²) in [6, 6.07) is 3.92. The number of hydrogen-bond donors (Lipinski definition) is 2. The van der Waals surface area contributed by atoms with Crippen LogP contribution in [0.1, 0.15) is 31.0 Å². The summed E-state index contributed by atoms with van der Waals surface area (Å²) in [4.78, 5) is 6.59. The van der Waals surface area contributed by atoms with Crippen molar-refractivity contribution in [1.29, 1.82) is 5.41 Å². The summed E-state index contributed by atoms with van der Waals surface area (Å²) >= 11 is 0. The molecular formula is C13H20N4. The summed E-state index contributed by atoms with van der Waals surface area (Å²) in [6.07, 6.45) is 4.42. The van der Waals surface area contributed by atoms with E-state index in [-0.39, 0.29) is 5.84 Å². The molecule has 2 rings (SSSR count). The fourth-order valence-corrected chi connectivity index (χ4v) is 2.02. The molecule has 1 heterocycles. The van der Waals surface area contributed by atoms with Crippen molar-refractivity contribution in [2.75, 3.05) is 13.1 Å². The van der Waals surface area contributed by atoms with Crippen LogP contribution in [0.15, 0.2) is 18.3 Å². The molecule has 1 aromatic heterocycles. The summed E-state index contributed by atoms with van der Waals surface area (Å²) in [5.74, 6) is 0.940. The lowest BCUT2D eigenvalue weighted by molar-refractivity contribution is 0.268. The number of rotatable bonds is 6. The molecule has 0 unspecified atom stereocenters. The normalized spacial score (nSPS) is 15.2. The molecule has 0 saturated heterocycles. The second-order valence-corrected chi connectivity index (χ2v) is 4.70. The molecule has 0 aliphatic heterocycles. The minimum Gasteiger partial charge on any atom is -0.382 e. The van der Waals surface area contributed by atoms with E-state index in [1.807, 2.05) is 12.1 Å². The van der Waals surface area contributed by atoms with Crippen LogP contribution in [0.25, 0.3) is 0 Å². The molecule has 1 fully saturated rings. The van der Waals surface area contributed by atoms with Crippen molar-refractivity contribution < 1.29 is 0 Å². The lowest BCUT2D eigenvalue weighted by atomic mass is 10.1. The maximum atomic E-state index is 7.53. The number of nitrogen functional groups attached to an aromatic ring is 1. The first kappa shape index (κ1) is 12.0. The maximum absolute atomic E-state index is 7.53. The predicted octanol–water partition coefficient (Wildman–Crippen LogP) is 1.60. The van der Waals surface area contributed by atoms with Crippen LogP contribution in [0.4, 0.5) is 0 Å². The third-order valence-corrected chi connectivity index (χ3v) is 3.20. The Bertz CT molecular complexity index is 398. The first-order valence-corrected chi connectivity index (χ1v) is 6.21. The molecule has 17 heavy (non-hydrogen) atoms. The quantitative estimate of drug-likeness (QED) is 0.578. The predicted molar refractivity (Wildman–Crippen MR) is 68.9 cm³/mol. The molecule has 0 spiro atoms. The second kappa shape index (κ2) is 5.27. The van der Waals surface area contributed by atoms with E-state index in [0.717, 1.165) is 31.1 Å². The van der Waals surface area contributed by atoms with E-state index in [0.29, 0.717) is 5.69 Å². The van der Waals surface area contributed by atoms with E-state index in [1.54, 1.807) is 6.20 Å². The molecule has 1 saturated carbocycles. The van der Waals surface area contributed by atoms with E-state index in [9.17, 15) is 0 Å². The fraction of sp³-hybridized carbons (Fsp3) is 0.538. The first-order chi connectivity index (χ1) is 8.20. The topological polar surface area (TPSA) is 66.0 Å². The van der Waals surface area contributed by atoms with Crippen molar-refractivity contribution in [3.8, 4) is 0 Å². The van der Waals surface area contributed by atoms with Crippen molar-refractivity contribution in [1.82, 2.24) is 9.88 Å². The molecule has 1 aliphatic rings. The Morgan fingerprint density at radius 1 is 1.59 bits per heavy atom. The van der Waals surface area contributed by atoms with Crippen LogP contribution < -0.4 is 5.73 Å². The number of nitrogens with one attached hydrogen (secondary N) is 1. The third kappa shape index (κ3) is 3.27. The Kier molecular flexibility index (Phi) is 3.74. The number of hydrogen-bond acceptors (Lipinski definition) is 3. The lowest BCUT2D eigenvalue weighted by Gasteiger charge is -2.21. The van der Waals surface area contributed by atoms with E-state index in [2.05, 4.69) is 16.8 Å². The monoisotopic (exact) mass is 232 g/mol. The zero-order valence-electron chi connectivity index (χ0n) is 10.3. The molecule has 1 aromatic rings. The Morgan fingerprint density at radius 3 is 2.94 bits per heavy atom. The average Bonchev–Trinajstić information content (AvgIpc) is 3.12. The molecule has 1 aliphatic carbocycles. The molecule has 0 aromatic carbocycles. The van der Waals surface area contributed by atoms with E-state index in [1.165, 1.54) is 12.8 Å². The largest absolute Gasteiger partial charge is 0.382 e. The molecule has 0 bridgehead atoms. The summed E-state index contributed by atoms with van der Waals surface area (Å²) in [7, 11) is 0. The highest BCUT2D eigenvalue weighted by Gasteiger charge is 2.24. The van der Waals surface area contributed by atoms with Crippen molar-refractivity contribution in [3.63, 3.8) is 0 Å². The Balaban J connectivity index is 2.07. The Morgan fingerprint density at radius 2 is 2.35 bits per heavy atom. The van der Waals surface area contributed by atoms with E-state index < -0.39 is 0 Å². The Labute approximate surface area is 102 Å². The zero-order valence-corrected chi connectivity index (χ0v) is 10.3. The van der Waals surface area contributed by atoms with Gasteiger partial charge in [0.2, 0.25) is 0 Å². The minimum absolute atomic E-state index is 0.0584. The average molecular weight is 232 g/mol. The van der Waals surface area contributed by atoms with Gasteiger partial charge in [0.15, 0.2) is 0 Å². The van der Waals surface area contributed by atoms with Gasteiger partial charge >= 0.3 is 0 Å². The molecule has 4 heteroatoms. The third-order valence-electron chi connectivity index (χ3n) is 3.20. The molecule has 0 atom stereocenters. The molecule has 0 radical (unpaired) electrons. The van der Waals surface area contributed by atoms with Gasteiger partial charge in [-0.15, -0.1) is 0 Å².